The van der Waals surface area contributed by atoms with Gasteiger partial charge in [0.2, 0.25) is 0 Å². The average molecular weight is 361 g/mol. The summed E-state index contributed by atoms with van der Waals surface area (Å²) in [5, 5.41) is 0. The molecule has 7 heteroatoms. The Morgan fingerprint density at radius 3 is 1.79 bits per heavy atom. The van der Waals surface area contributed by atoms with Crippen molar-refractivity contribution >= 4 is 27.3 Å². The summed E-state index contributed by atoms with van der Waals surface area (Å²) in [5.74, 6) is 0.0124. The molecule has 1 rings (SSSR count). The average Bonchev–Trinajstić information content (AvgIpc) is 2.35. The van der Waals surface area contributed by atoms with Crippen LogP contribution in [0.4, 0.5) is 5.69 Å². The third-order valence-electron chi connectivity index (χ3n) is 3.48. The Hall–Kier alpha value is -0.530. The van der Waals surface area contributed by atoms with Crippen LogP contribution in [0.3, 0.4) is 0 Å². The molecule has 1 aromatic rings. The van der Waals surface area contributed by atoms with E-state index in [4.69, 9.17) is 0 Å². The van der Waals surface area contributed by atoms with Gasteiger partial charge < -0.3 is 4.55 Å². The summed E-state index contributed by atoms with van der Waals surface area (Å²) in [6.45, 7) is 10.9. The van der Waals surface area contributed by atoms with Crippen LogP contribution in [0.5, 0.6) is 0 Å². The van der Waals surface area contributed by atoms with Gasteiger partial charge in [0.05, 0.1) is 10.6 Å². The number of rotatable bonds is 6. The predicted molar refractivity (Wildman–Crippen MR) is 90.7 cm³/mol. The maximum atomic E-state index is 11.4. The van der Waals surface area contributed by atoms with Crippen molar-refractivity contribution in [3.8, 4) is 0 Å². The minimum atomic E-state index is -4.53. The van der Waals surface area contributed by atoms with Gasteiger partial charge in [-0.3, -0.25) is 9.79 Å². The Kier molecular flexibility index (Phi) is 9.04. The van der Waals surface area contributed by atoms with Crippen LogP contribution in [-0.2, 0) is 14.9 Å². The normalized spacial score (nSPS) is 12.5. The van der Waals surface area contributed by atoms with E-state index < -0.39 is 10.1 Å². The van der Waals surface area contributed by atoms with Crippen LogP contribution in [0.25, 0.3) is 0 Å². The zero-order valence-electron chi connectivity index (χ0n) is 15.5. The second-order valence-electron chi connectivity index (χ2n) is 6.44. The van der Waals surface area contributed by atoms with Crippen molar-refractivity contribution in [2.45, 2.75) is 64.7 Å². The summed E-state index contributed by atoms with van der Waals surface area (Å²) in [6.07, 6.45) is 0.247. The maximum absolute atomic E-state index is 11.4. The molecular weight excluding hydrogens is 337 g/mol. The van der Waals surface area contributed by atoms with Crippen molar-refractivity contribution in [2.75, 3.05) is 0 Å². The van der Waals surface area contributed by atoms with Gasteiger partial charge in [0, 0.05) is 12.1 Å². The molecule has 0 unspecified atom stereocenters. The summed E-state index contributed by atoms with van der Waals surface area (Å²) < 4.78 is 34.3. The molecule has 0 fully saturated rings. The Bertz CT molecular complexity index is 708. The van der Waals surface area contributed by atoms with E-state index in [2.05, 4.69) is 4.99 Å². The van der Waals surface area contributed by atoms with E-state index in [1.807, 2.05) is 27.7 Å². The molecule has 0 saturated carbocycles. The molecule has 0 atom stereocenters. The molecule has 0 N–H and O–H groups in total. The predicted octanol–water partition coefficient (Wildman–Crippen LogP) is 0.913. The Morgan fingerprint density at radius 1 is 1.08 bits per heavy atom. The van der Waals surface area contributed by atoms with Crippen molar-refractivity contribution in [1.29, 1.82) is 0 Å². The largest absolute Gasteiger partial charge is 1.00 e. The molecule has 5 nitrogen and oxygen atoms in total. The summed E-state index contributed by atoms with van der Waals surface area (Å²) >= 11 is 0. The number of hydrogen-bond acceptors (Lipinski definition) is 5. The molecule has 0 aliphatic heterocycles. The van der Waals surface area contributed by atoms with Crippen molar-refractivity contribution < 1.29 is 47.3 Å². The minimum Gasteiger partial charge on any atom is -0.744 e. The van der Waals surface area contributed by atoms with Crippen LogP contribution >= 0.6 is 0 Å². The Morgan fingerprint density at radius 2 is 1.50 bits per heavy atom. The number of ketones is 1. The van der Waals surface area contributed by atoms with Gasteiger partial charge in [0.1, 0.15) is 15.9 Å². The number of aliphatic imine (C=N–C) groups is 1. The third-order valence-corrected chi connectivity index (χ3v) is 4.30. The van der Waals surface area contributed by atoms with Gasteiger partial charge in [-0.15, -0.1) is 0 Å². The standard InChI is InChI=1S/C17H25NO4S.Na/c1-10(2)15-8-14(23(20,21)22)9-16(11(3)4)17(15)18-12(5)7-13(6)19;/h8-11H,7H2,1-6H3,(H,20,21,22);/q;+1/p-1. The second kappa shape index (κ2) is 9.25. The summed E-state index contributed by atoms with van der Waals surface area (Å²) in [5.41, 5.74) is 2.74. The second-order valence-corrected chi connectivity index (χ2v) is 7.82. The van der Waals surface area contributed by atoms with Crippen LogP contribution in [-0.4, -0.2) is 24.5 Å². The molecule has 24 heavy (non-hydrogen) atoms. The van der Waals surface area contributed by atoms with E-state index in [9.17, 15) is 17.8 Å². The number of benzene rings is 1. The molecule has 0 aliphatic rings. The van der Waals surface area contributed by atoms with Crippen molar-refractivity contribution in [3.05, 3.63) is 23.3 Å². The van der Waals surface area contributed by atoms with Crippen LogP contribution < -0.4 is 29.6 Å². The van der Waals surface area contributed by atoms with Crippen LogP contribution in [0.2, 0.25) is 0 Å². The fourth-order valence-corrected chi connectivity index (χ4v) is 2.94. The van der Waals surface area contributed by atoms with Gasteiger partial charge in [0.25, 0.3) is 0 Å². The first-order valence-corrected chi connectivity index (χ1v) is 9.01. The zero-order valence-corrected chi connectivity index (χ0v) is 18.3. The van der Waals surface area contributed by atoms with E-state index in [0.717, 1.165) is 0 Å². The van der Waals surface area contributed by atoms with Gasteiger partial charge in [-0.1, -0.05) is 27.7 Å². The van der Waals surface area contributed by atoms with Gasteiger partial charge in [-0.05, 0) is 48.9 Å². The summed E-state index contributed by atoms with van der Waals surface area (Å²) in [6, 6.07) is 2.80. The van der Waals surface area contributed by atoms with E-state index in [1.54, 1.807) is 6.92 Å². The SMILES string of the molecule is CC(=O)CC(C)=Nc1c(C(C)C)cc(S(=O)(=O)[O-])cc1C(C)C.[Na+]. The fraction of sp³-hybridized carbons (Fsp3) is 0.529. The number of nitrogens with zero attached hydrogens (tertiary/aromatic N) is 1. The Balaban J connectivity index is 0.00000529. The van der Waals surface area contributed by atoms with Gasteiger partial charge >= 0.3 is 29.6 Å². The number of carbonyl (C=O) groups is 1. The van der Waals surface area contributed by atoms with Gasteiger partial charge in [-0.2, -0.15) is 0 Å². The molecule has 0 heterocycles. The smallest absolute Gasteiger partial charge is 0.744 e. The van der Waals surface area contributed by atoms with E-state index in [0.29, 0.717) is 22.5 Å². The van der Waals surface area contributed by atoms with E-state index >= 15 is 0 Å². The van der Waals surface area contributed by atoms with Crippen LogP contribution in [0, 0.1) is 0 Å². The molecule has 0 bridgehead atoms. The third kappa shape index (κ3) is 6.41. The molecule has 0 aliphatic carbocycles. The first kappa shape index (κ1) is 23.5. The fourth-order valence-electron chi connectivity index (χ4n) is 2.40. The first-order valence-electron chi connectivity index (χ1n) is 7.60. The number of hydrogen-bond donors (Lipinski definition) is 0. The van der Waals surface area contributed by atoms with Gasteiger partial charge in [0.15, 0.2) is 0 Å². The number of Topliss-reactive ketones (excluding diaryl/α,β-unsaturated/α-hetero) is 1. The first-order chi connectivity index (χ1) is 10.4. The summed E-state index contributed by atoms with van der Waals surface area (Å²) in [7, 11) is -4.53. The molecule has 0 aromatic heterocycles. The van der Waals surface area contributed by atoms with Crippen LogP contribution in [0.15, 0.2) is 22.0 Å². The zero-order chi connectivity index (χ0) is 17.9. The van der Waals surface area contributed by atoms with Gasteiger partial charge in [-0.25, -0.2) is 8.42 Å². The maximum Gasteiger partial charge on any atom is 1.00 e. The van der Waals surface area contributed by atoms with Crippen molar-refractivity contribution in [2.24, 2.45) is 4.99 Å². The van der Waals surface area contributed by atoms with E-state index in [-0.39, 0.29) is 58.5 Å². The topological polar surface area (TPSA) is 86.6 Å². The Labute approximate surface area is 167 Å². The quantitative estimate of drug-likeness (QED) is 0.428. The molecule has 0 spiro atoms. The molecular formula is C17H24NNaO4S. The monoisotopic (exact) mass is 361 g/mol. The van der Waals surface area contributed by atoms with E-state index in [1.165, 1.54) is 19.1 Å². The molecule has 0 saturated heterocycles. The molecule has 0 radical (unpaired) electrons. The van der Waals surface area contributed by atoms with Crippen molar-refractivity contribution in [3.63, 3.8) is 0 Å². The minimum absolute atomic E-state index is 0. The summed E-state index contributed by atoms with van der Waals surface area (Å²) in [4.78, 5) is 15.6. The number of carbonyl (C=O) groups excluding carboxylic acids is 1. The molecule has 0 amide bonds. The van der Waals surface area contributed by atoms with Crippen molar-refractivity contribution in [1.82, 2.24) is 0 Å². The molecule has 128 valence electrons. The molecule has 1 aromatic carbocycles. The van der Waals surface area contributed by atoms with Crippen LogP contribution in [0.1, 0.15) is 70.9 Å².